The molecule has 3 atom stereocenters. The highest BCUT2D eigenvalue weighted by Gasteiger charge is 2.39. The summed E-state index contributed by atoms with van der Waals surface area (Å²) >= 11 is 0. The van der Waals surface area contributed by atoms with Crippen molar-refractivity contribution >= 4 is 16.8 Å². The van der Waals surface area contributed by atoms with E-state index in [1.807, 2.05) is 54.6 Å². The minimum Gasteiger partial charge on any atom is -0.349 e. The molecule has 3 aromatic rings. The van der Waals surface area contributed by atoms with Gasteiger partial charge in [-0.25, -0.2) is 0 Å². The van der Waals surface area contributed by atoms with Crippen LogP contribution >= 0.6 is 0 Å². The average molecular weight is 387 g/mol. The fourth-order valence-electron chi connectivity index (χ4n) is 5.10. The van der Waals surface area contributed by atoms with Crippen LogP contribution in [0.4, 0.5) is 0 Å². The molecule has 29 heavy (non-hydrogen) atoms. The number of pyridine rings is 1. The smallest absolute Gasteiger partial charge is 0.256 e. The van der Waals surface area contributed by atoms with E-state index in [1.165, 1.54) is 18.9 Å². The molecule has 1 amide bonds. The van der Waals surface area contributed by atoms with Crippen molar-refractivity contribution in [1.82, 2.24) is 14.8 Å². The molecule has 5 rings (SSSR count). The lowest BCUT2D eigenvalue weighted by Crippen LogP contribution is -2.48. The number of rotatable bonds is 3. The molecule has 2 bridgehead atoms. The fourth-order valence-corrected chi connectivity index (χ4v) is 5.10. The molecule has 2 aromatic carbocycles. The third-order valence-corrected chi connectivity index (χ3v) is 6.62. The van der Waals surface area contributed by atoms with Gasteiger partial charge in [0.1, 0.15) is 0 Å². The second-order valence-electron chi connectivity index (χ2n) is 8.28. The average Bonchev–Trinajstić information content (AvgIpc) is 2.94. The second-order valence-corrected chi connectivity index (χ2v) is 8.28. The molecular formula is C24H25N3O2. The Morgan fingerprint density at radius 3 is 2.34 bits per heavy atom. The highest BCUT2D eigenvalue weighted by Crippen LogP contribution is 2.34. The van der Waals surface area contributed by atoms with Crippen LogP contribution in [-0.2, 0) is 0 Å². The Hall–Kier alpha value is -2.92. The maximum Gasteiger partial charge on any atom is 0.256 e. The number of aromatic nitrogens is 1. The molecule has 148 valence electrons. The second kappa shape index (κ2) is 7.16. The molecule has 0 aliphatic carbocycles. The van der Waals surface area contributed by atoms with Crippen LogP contribution in [0.2, 0.25) is 0 Å². The molecule has 2 aliphatic heterocycles. The van der Waals surface area contributed by atoms with Crippen LogP contribution in [0.5, 0.6) is 0 Å². The fraction of sp³-hybridized carbons (Fsp3) is 0.333. The summed E-state index contributed by atoms with van der Waals surface area (Å²) in [5, 5.41) is 4.02. The number of fused-ring (bicyclic) bond motifs is 3. The number of benzene rings is 2. The highest BCUT2D eigenvalue weighted by molar-refractivity contribution is 6.06. The Balaban J connectivity index is 1.51. The Labute approximate surface area is 170 Å². The standard InChI is InChI=1S/C24H25N3O2/c1-26-18-11-12-19(26)14-16(13-18)25-24(29)21-15-23(28)27(17-7-3-2-4-8-17)22-10-6-5-9-20(21)22/h2-10,15-16,18-19H,11-14H2,1H3,(H,25,29)/t16?,18-,19+. The zero-order valence-corrected chi connectivity index (χ0v) is 16.5. The van der Waals surface area contributed by atoms with Crippen LogP contribution in [-0.4, -0.2) is 40.5 Å². The number of piperidine rings is 1. The summed E-state index contributed by atoms with van der Waals surface area (Å²) < 4.78 is 1.67. The van der Waals surface area contributed by atoms with Crippen LogP contribution in [0.3, 0.4) is 0 Å². The number of amides is 1. The van der Waals surface area contributed by atoms with Gasteiger partial charge in [0.25, 0.3) is 11.5 Å². The summed E-state index contributed by atoms with van der Waals surface area (Å²) in [6, 6.07) is 19.9. The summed E-state index contributed by atoms with van der Waals surface area (Å²) in [4.78, 5) is 28.6. The first-order chi connectivity index (χ1) is 14.1. The molecule has 2 saturated heterocycles. The SMILES string of the molecule is CN1[C@@H]2CC[C@H]1CC(NC(=O)c1cc(=O)n(-c3ccccc3)c3ccccc13)C2. The number of nitrogens with zero attached hydrogens (tertiary/aromatic N) is 2. The summed E-state index contributed by atoms with van der Waals surface area (Å²) in [7, 11) is 2.19. The van der Waals surface area contributed by atoms with Crippen molar-refractivity contribution in [3.05, 3.63) is 76.6 Å². The van der Waals surface area contributed by atoms with Crippen LogP contribution in [0.25, 0.3) is 16.6 Å². The van der Waals surface area contributed by atoms with Gasteiger partial charge in [0.2, 0.25) is 0 Å². The minimum atomic E-state index is -0.191. The van der Waals surface area contributed by atoms with E-state index in [-0.39, 0.29) is 17.5 Å². The lowest BCUT2D eigenvalue weighted by molar-refractivity contribution is 0.0884. The van der Waals surface area contributed by atoms with Gasteiger partial charge in [-0.2, -0.15) is 0 Å². The van der Waals surface area contributed by atoms with Crippen molar-refractivity contribution in [3.8, 4) is 5.69 Å². The Morgan fingerprint density at radius 2 is 1.62 bits per heavy atom. The van der Waals surface area contributed by atoms with Gasteiger partial charge in [-0.05, 0) is 50.9 Å². The van der Waals surface area contributed by atoms with E-state index in [9.17, 15) is 9.59 Å². The Morgan fingerprint density at radius 1 is 0.966 bits per heavy atom. The van der Waals surface area contributed by atoms with E-state index in [1.54, 1.807) is 4.57 Å². The molecule has 2 aliphatic rings. The number of hydrogen-bond acceptors (Lipinski definition) is 3. The third kappa shape index (κ3) is 3.15. The molecule has 1 N–H and O–H groups in total. The minimum absolute atomic E-state index is 0.146. The zero-order chi connectivity index (χ0) is 20.0. The Bertz CT molecular complexity index is 1110. The Kier molecular flexibility index (Phi) is 4.47. The van der Waals surface area contributed by atoms with E-state index >= 15 is 0 Å². The van der Waals surface area contributed by atoms with E-state index in [0.29, 0.717) is 17.6 Å². The lowest BCUT2D eigenvalue weighted by atomic mass is 9.97. The van der Waals surface area contributed by atoms with Gasteiger partial charge >= 0.3 is 0 Å². The van der Waals surface area contributed by atoms with Gasteiger partial charge in [0.15, 0.2) is 0 Å². The maximum atomic E-state index is 13.2. The van der Waals surface area contributed by atoms with Gasteiger partial charge in [-0.3, -0.25) is 14.2 Å². The third-order valence-electron chi connectivity index (χ3n) is 6.62. The van der Waals surface area contributed by atoms with Crippen molar-refractivity contribution in [1.29, 1.82) is 0 Å². The van der Waals surface area contributed by atoms with E-state index < -0.39 is 0 Å². The van der Waals surface area contributed by atoms with Crippen LogP contribution in [0.1, 0.15) is 36.0 Å². The molecule has 5 nitrogen and oxygen atoms in total. The summed E-state index contributed by atoms with van der Waals surface area (Å²) in [5.41, 5.74) is 1.82. The number of para-hydroxylation sites is 2. The molecule has 1 unspecified atom stereocenters. The number of carbonyl (C=O) groups excluding carboxylic acids is 1. The van der Waals surface area contributed by atoms with Crippen molar-refractivity contribution in [2.75, 3.05) is 7.05 Å². The normalized spacial score (nSPS) is 24.0. The molecular weight excluding hydrogens is 362 g/mol. The van der Waals surface area contributed by atoms with Crippen LogP contribution in [0.15, 0.2) is 65.5 Å². The molecule has 0 spiro atoms. The van der Waals surface area contributed by atoms with Crippen LogP contribution < -0.4 is 10.9 Å². The predicted molar refractivity (Wildman–Crippen MR) is 115 cm³/mol. The monoisotopic (exact) mass is 387 g/mol. The molecule has 1 aromatic heterocycles. The van der Waals surface area contributed by atoms with Crippen LogP contribution in [0, 0.1) is 0 Å². The largest absolute Gasteiger partial charge is 0.349 e. The highest BCUT2D eigenvalue weighted by atomic mass is 16.2. The molecule has 5 heteroatoms. The number of nitrogens with one attached hydrogen (secondary N) is 1. The first-order valence-corrected chi connectivity index (χ1v) is 10.3. The summed E-state index contributed by atoms with van der Waals surface area (Å²) in [6.07, 6.45) is 4.39. The number of hydrogen-bond donors (Lipinski definition) is 1. The molecule has 0 saturated carbocycles. The van der Waals surface area contributed by atoms with E-state index in [4.69, 9.17) is 0 Å². The topological polar surface area (TPSA) is 54.3 Å². The van der Waals surface area contributed by atoms with Gasteiger partial charge < -0.3 is 10.2 Å². The van der Waals surface area contributed by atoms with Gasteiger partial charge in [0, 0.05) is 35.3 Å². The van der Waals surface area contributed by atoms with E-state index in [0.717, 1.165) is 29.4 Å². The van der Waals surface area contributed by atoms with Crippen molar-refractivity contribution in [2.45, 2.75) is 43.8 Å². The van der Waals surface area contributed by atoms with Crippen molar-refractivity contribution < 1.29 is 4.79 Å². The quantitative estimate of drug-likeness (QED) is 0.750. The first-order valence-electron chi connectivity index (χ1n) is 10.3. The predicted octanol–water partition coefficient (Wildman–Crippen LogP) is 3.35. The van der Waals surface area contributed by atoms with Gasteiger partial charge in [0.05, 0.1) is 11.1 Å². The first kappa shape index (κ1) is 18.1. The number of carbonyl (C=O) groups is 1. The van der Waals surface area contributed by atoms with Crippen molar-refractivity contribution in [2.24, 2.45) is 0 Å². The van der Waals surface area contributed by atoms with E-state index in [2.05, 4.69) is 17.3 Å². The molecule has 3 heterocycles. The lowest BCUT2D eigenvalue weighted by Gasteiger charge is -2.36. The summed E-state index contributed by atoms with van der Waals surface area (Å²) in [5.74, 6) is -0.146. The maximum absolute atomic E-state index is 13.2. The van der Waals surface area contributed by atoms with Gasteiger partial charge in [-0.15, -0.1) is 0 Å². The van der Waals surface area contributed by atoms with Crippen molar-refractivity contribution in [3.63, 3.8) is 0 Å². The molecule has 2 fully saturated rings. The molecule has 0 radical (unpaired) electrons. The van der Waals surface area contributed by atoms with Gasteiger partial charge in [-0.1, -0.05) is 36.4 Å². The summed E-state index contributed by atoms with van der Waals surface area (Å²) in [6.45, 7) is 0. The zero-order valence-electron chi connectivity index (χ0n) is 16.5.